The molecule has 0 saturated heterocycles. The summed E-state index contributed by atoms with van der Waals surface area (Å²) in [6.45, 7) is -0.0515. The predicted octanol–water partition coefficient (Wildman–Crippen LogP) is 4.11. The number of halogens is 3. The summed E-state index contributed by atoms with van der Waals surface area (Å²) in [7, 11) is 0. The van der Waals surface area contributed by atoms with Gasteiger partial charge in [0.1, 0.15) is 5.82 Å². The van der Waals surface area contributed by atoms with E-state index in [9.17, 15) is 9.18 Å². The first-order valence-electron chi connectivity index (χ1n) is 6.85. The summed E-state index contributed by atoms with van der Waals surface area (Å²) in [6.07, 6.45) is 0. The smallest absolute Gasteiger partial charge is 0.256 e. The molecule has 0 aliphatic heterocycles. The van der Waals surface area contributed by atoms with Crippen molar-refractivity contribution in [1.82, 2.24) is 15.5 Å². The molecule has 0 spiro atoms. The number of hydrogen-bond donors (Lipinski definition) is 1. The molecule has 0 radical (unpaired) electrons. The van der Waals surface area contributed by atoms with Crippen LogP contribution in [0.2, 0.25) is 10.0 Å². The van der Waals surface area contributed by atoms with Gasteiger partial charge in [-0.2, -0.15) is 4.98 Å². The summed E-state index contributed by atoms with van der Waals surface area (Å²) in [5.74, 6) is -0.822. The van der Waals surface area contributed by atoms with Crippen molar-refractivity contribution in [3.8, 4) is 11.4 Å². The zero-order chi connectivity index (χ0) is 17.1. The first kappa shape index (κ1) is 16.4. The van der Waals surface area contributed by atoms with E-state index in [4.69, 9.17) is 27.7 Å². The van der Waals surface area contributed by atoms with Crippen molar-refractivity contribution >= 4 is 29.1 Å². The number of carbonyl (C=O) groups is 1. The second kappa shape index (κ2) is 6.98. The zero-order valence-electron chi connectivity index (χ0n) is 12.1. The monoisotopic (exact) mass is 365 g/mol. The minimum atomic E-state index is -0.701. The van der Waals surface area contributed by atoms with Crippen molar-refractivity contribution in [2.24, 2.45) is 0 Å². The minimum Gasteiger partial charge on any atom is -0.343 e. The lowest BCUT2D eigenvalue weighted by atomic mass is 10.2. The van der Waals surface area contributed by atoms with Crippen molar-refractivity contribution in [1.29, 1.82) is 0 Å². The quantitative estimate of drug-likeness (QED) is 0.755. The Morgan fingerprint density at radius 3 is 2.62 bits per heavy atom. The molecule has 24 heavy (non-hydrogen) atoms. The van der Waals surface area contributed by atoms with E-state index in [1.54, 1.807) is 24.3 Å². The Morgan fingerprint density at radius 1 is 1.17 bits per heavy atom. The highest BCUT2D eigenvalue weighted by Gasteiger charge is 2.16. The molecule has 0 fully saturated rings. The lowest BCUT2D eigenvalue weighted by Gasteiger charge is -2.05. The summed E-state index contributed by atoms with van der Waals surface area (Å²) >= 11 is 11.7. The molecular formula is C16H10Cl2FN3O2. The maximum absolute atomic E-state index is 13.7. The van der Waals surface area contributed by atoms with E-state index in [1.807, 2.05) is 0 Å². The van der Waals surface area contributed by atoms with Crippen molar-refractivity contribution < 1.29 is 13.7 Å². The second-order valence-electron chi connectivity index (χ2n) is 4.80. The van der Waals surface area contributed by atoms with Crippen molar-refractivity contribution in [3.63, 3.8) is 0 Å². The summed E-state index contributed by atoms with van der Waals surface area (Å²) in [6, 6.07) is 10.9. The number of benzene rings is 2. The second-order valence-corrected chi connectivity index (χ2v) is 5.64. The average molecular weight is 366 g/mol. The van der Waals surface area contributed by atoms with Crippen LogP contribution in [0.15, 0.2) is 47.0 Å². The van der Waals surface area contributed by atoms with Crippen LogP contribution in [0, 0.1) is 5.82 Å². The number of aromatic nitrogens is 2. The van der Waals surface area contributed by atoms with E-state index in [2.05, 4.69) is 15.5 Å². The number of hydrogen-bond acceptors (Lipinski definition) is 4. The van der Waals surface area contributed by atoms with Crippen LogP contribution in [0.25, 0.3) is 11.4 Å². The van der Waals surface area contributed by atoms with Crippen molar-refractivity contribution in [3.05, 3.63) is 69.8 Å². The van der Waals surface area contributed by atoms with Crippen LogP contribution in [-0.4, -0.2) is 16.0 Å². The molecule has 3 rings (SSSR count). The van der Waals surface area contributed by atoms with Crippen LogP contribution >= 0.6 is 23.2 Å². The molecule has 0 saturated carbocycles. The van der Waals surface area contributed by atoms with Crippen LogP contribution in [0.3, 0.4) is 0 Å². The molecule has 1 aromatic heterocycles. The molecule has 2 aromatic carbocycles. The van der Waals surface area contributed by atoms with Crippen molar-refractivity contribution in [2.45, 2.75) is 6.54 Å². The van der Waals surface area contributed by atoms with E-state index < -0.39 is 11.7 Å². The molecule has 1 amide bonds. The third-order valence-corrected chi connectivity index (χ3v) is 3.73. The molecule has 5 nitrogen and oxygen atoms in total. The zero-order valence-corrected chi connectivity index (χ0v) is 13.6. The fraction of sp³-hybridized carbons (Fsp3) is 0.0625. The molecule has 0 aliphatic carbocycles. The number of rotatable bonds is 4. The third-order valence-electron chi connectivity index (χ3n) is 3.16. The molecule has 0 bridgehead atoms. The maximum atomic E-state index is 13.7. The minimum absolute atomic E-state index is 0.0277. The fourth-order valence-electron chi connectivity index (χ4n) is 2.00. The molecule has 0 atom stereocenters. The first-order chi connectivity index (χ1) is 11.5. The van der Waals surface area contributed by atoms with E-state index >= 15 is 0 Å². The van der Waals surface area contributed by atoms with Gasteiger partial charge in [0.05, 0.1) is 17.1 Å². The highest BCUT2D eigenvalue weighted by molar-refractivity contribution is 6.33. The van der Waals surface area contributed by atoms with Gasteiger partial charge < -0.3 is 9.84 Å². The molecule has 0 unspecified atom stereocenters. The molecule has 122 valence electrons. The molecular weight excluding hydrogens is 356 g/mol. The maximum Gasteiger partial charge on any atom is 0.256 e. The SMILES string of the molecule is O=C(NCc1nc(-c2ccc(Cl)cc2)no1)c1c(F)cccc1Cl. The Kier molecular flexibility index (Phi) is 4.78. The summed E-state index contributed by atoms with van der Waals surface area (Å²) in [5.41, 5.74) is 0.495. The van der Waals surface area contributed by atoms with Gasteiger partial charge in [0.15, 0.2) is 0 Å². The van der Waals surface area contributed by atoms with Gasteiger partial charge in [-0.3, -0.25) is 4.79 Å². The van der Waals surface area contributed by atoms with Gasteiger partial charge in [0, 0.05) is 10.6 Å². The summed E-state index contributed by atoms with van der Waals surface area (Å²) in [4.78, 5) is 16.2. The Balaban J connectivity index is 1.69. The molecule has 1 heterocycles. The van der Waals surface area contributed by atoms with Gasteiger partial charge in [-0.25, -0.2) is 4.39 Å². The third kappa shape index (κ3) is 3.55. The number of carbonyl (C=O) groups excluding carboxylic acids is 1. The van der Waals surface area contributed by atoms with Crippen LogP contribution in [0.5, 0.6) is 0 Å². The lowest BCUT2D eigenvalue weighted by molar-refractivity contribution is 0.0942. The van der Waals surface area contributed by atoms with Crippen LogP contribution in [0.1, 0.15) is 16.2 Å². The Morgan fingerprint density at radius 2 is 1.92 bits per heavy atom. The first-order valence-corrected chi connectivity index (χ1v) is 7.61. The van der Waals surface area contributed by atoms with Crippen LogP contribution < -0.4 is 5.32 Å². The van der Waals surface area contributed by atoms with E-state index in [0.29, 0.717) is 10.8 Å². The largest absolute Gasteiger partial charge is 0.343 e. The van der Waals surface area contributed by atoms with Gasteiger partial charge in [-0.15, -0.1) is 0 Å². The average Bonchev–Trinajstić information content (AvgIpc) is 3.02. The van der Waals surface area contributed by atoms with Gasteiger partial charge in [-0.1, -0.05) is 34.4 Å². The summed E-state index contributed by atoms with van der Waals surface area (Å²) in [5, 5.41) is 6.93. The lowest BCUT2D eigenvalue weighted by Crippen LogP contribution is -2.24. The van der Waals surface area contributed by atoms with Gasteiger partial charge >= 0.3 is 0 Å². The highest BCUT2D eigenvalue weighted by Crippen LogP contribution is 2.20. The van der Waals surface area contributed by atoms with Crippen LogP contribution in [0.4, 0.5) is 4.39 Å². The standard InChI is InChI=1S/C16H10Cl2FN3O2/c17-10-6-4-9(5-7-10)15-21-13(24-22-15)8-20-16(23)14-11(18)2-1-3-12(14)19/h1-7H,8H2,(H,20,23). The van der Waals surface area contributed by atoms with Gasteiger partial charge in [0.2, 0.25) is 11.7 Å². The van der Waals surface area contributed by atoms with Crippen LogP contribution in [-0.2, 0) is 6.54 Å². The molecule has 8 heteroatoms. The predicted molar refractivity (Wildman–Crippen MR) is 87.3 cm³/mol. The Hall–Kier alpha value is -2.44. The van der Waals surface area contributed by atoms with Gasteiger partial charge in [0.25, 0.3) is 5.91 Å². The summed E-state index contributed by atoms with van der Waals surface area (Å²) < 4.78 is 18.7. The number of nitrogens with one attached hydrogen (secondary N) is 1. The number of amides is 1. The topological polar surface area (TPSA) is 68.0 Å². The Bertz CT molecular complexity index is 861. The Labute approximate surface area is 146 Å². The van der Waals surface area contributed by atoms with E-state index in [1.165, 1.54) is 12.1 Å². The number of nitrogens with zero attached hydrogens (tertiary/aromatic N) is 2. The molecule has 3 aromatic rings. The van der Waals surface area contributed by atoms with Crippen molar-refractivity contribution in [2.75, 3.05) is 0 Å². The molecule has 1 N–H and O–H groups in total. The van der Waals surface area contributed by atoms with E-state index in [-0.39, 0.29) is 23.0 Å². The highest BCUT2D eigenvalue weighted by atomic mass is 35.5. The normalized spacial score (nSPS) is 10.6. The van der Waals surface area contributed by atoms with E-state index in [0.717, 1.165) is 11.6 Å². The molecule has 0 aliphatic rings. The van der Waals surface area contributed by atoms with Gasteiger partial charge in [-0.05, 0) is 36.4 Å². The fourth-order valence-corrected chi connectivity index (χ4v) is 2.38.